The molecule has 0 bridgehead atoms. The molecule has 2 aromatic rings. The molecule has 1 atom stereocenters. The van der Waals surface area contributed by atoms with E-state index in [1.165, 1.54) is 6.33 Å². The fourth-order valence-electron chi connectivity index (χ4n) is 3.38. The van der Waals surface area contributed by atoms with Gasteiger partial charge in [0, 0.05) is 40.2 Å². The number of amides is 1. The molecule has 0 saturated carbocycles. The van der Waals surface area contributed by atoms with Crippen LogP contribution in [0.4, 0.5) is 10.7 Å². The fraction of sp³-hybridized carbons (Fsp3) is 0.700. The standard InChI is InChI=1S/C20H32N6O4/c1-7-26-16-15(23-18(26)24(5)10-11-28-6)17(22-13-21-16)29-14-8-9-25(12-14)19(27)30-20(2,3)4/h13-14H,7-12H2,1-6H3/t14-/m0/s1. The second-order valence-electron chi connectivity index (χ2n) is 8.38. The van der Waals surface area contributed by atoms with Gasteiger partial charge < -0.3 is 24.0 Å². The summed E-state index contributed by atoms with van der Waals surface area (Å²) < 4.78 is 18.8. The Labute approximate surface area is 177 Å². The summed E-state index contributed by atoms with van der Waals surface area (Å²) in [6, 6.07) is 0. The number of aromatic nitrogens is 4. The summed E-state index contributed by atoms with van der Waals surface area (Å²) in [6.45, 7) is 10.7. The molecule has 1 saturated heterocycles. The van der Waals surface area contributed by atoms with Crippen LogP contribution < -0.4 is 9.64 Å². The normalized spacial score (nSPS) is 16.9. The first-order valence-electron chi connectivity index (χ1n) is 10.3. The number of fused-ring (bicyclic) bond motifs is 1. The van der Waals surface area contributed by atoms with E-state index in [1.54, 1.807) is 12.0 Å². The predicted molar refractivity (Wildman–Crippen MR) is 113 cm³/mol. The molecule has 3 heterocycles. The number of methoxy groups -OCH3 is 1. The Morgan fingerprint density at radius 2 is 2.10 bits per heavy atom. The molecule has 0 radical (unpaired) electrons. The van der Waals surface area contributed by atoms with Crippen molar-refractivity contribution in [1.29, 1.82) is 0 Å². The first kappa shape index (κ1) is 22.1. The number of aryl methyl sites for hydroxylation is 1. The monoisotopic (exact) mass is 420 g/mol. The molecule has 1 fully saturated rings. The van der Waals surface area contributed by atoms with Crippen LogP contribution in [0.1, 0.15) is 34.1 Å². The molecule has 10 nitrogen and oxygen atoms in total. The molecule has 166 valence electrons. The van der Waals surface area contributed by atoms with Gasteiger partial charge in [-0.3, -0.25) is 4.57 Å². The molecule has 0 aliphatic carbocycles. The number of rotatable bonds is 7. The maximum atomic E-state index is 12.3. The van der Waals surface area contributed by atoms with Crippen LogP contribution in [0.5, 0.6) is 5.88 Å². The fourth-order valence-corrected chi connectivity index (χ4v) is 3.38. The maximum Gasteiger partial charge on any atom is 0.410 e. The van der Waals surface area contributed by atoms with Crippen LogP contribution in [0, 0.1) is 0 Å². The smallest absolute Gasteiger partial charge is 0.410 e. The lowest BCUT2D eigenvalue weighted by Gasteiger charge is -2.24. The van der Waals surface area contributed by atoms with Crippen LogP contribution in [0.3, 0.4) is 0 Å². The predicted octanol–water partition coefficient (Wildman–Crippen LogP) is 2.32. The minimum Gasteiger partial charge on any atom is -0.471 e. The van der Waals surface area contributed by atoms with Gasteiger partial charge in [0.15, 0.2) is 11.2 Å². The van der Waals surface area contributed by atoms with E-state index in [-0.39, 0.29) is 12.2 Å². The number of imidazole rings is 1. The molecule has 10 heteroatoms. The molecule has 3 rings (SSSR count). The van der Waals surface area contributed by atoms with Crippen molar-refractivity contribution in [2.24, 2.45) is 0 Å². The number of likely N-dealkylation sites (tertiary alicyclic amines) is 1. The zero-order chi connectivity index (χ0) is 21.9. The molecule has 0 aromatic carbocycles. The van der Waals surface area contributed by atoms with E-state index >= 15 is 0 Å². The Morgan fingerprint density at radius 3 is 2.77 bits per heavy atom. The number of ether oxygens (including phenoxy) is 3. The summed E-state index contributed by atoms with van der Waals surface area (Å²) in [5, 5.41) is 0. The van der Waals surface area contributed by atoms with Gasteiger partial charge in [0.1, 0.15) is 18.0 Å². The van der Waals surface area contributed by atoms with Crippen molar-refractivity contribution in [1.82, 2.24) is 24.4 Å². The van der Waals surface area contributed by atoms with Crippen molar-refractivity contribution in [2.75, 3.05) is 45.3 Å². The van der Waals surface area contributed by atoms with Gasteiger partial charge in [-0.1, -0.05) is 0 Å². The number of likely N-dealkylation sites (N-methyl/N-ethyl adjacent to an activating group) is 1. The highest BCUT2D eigenvalue weighted by Crippen LogP contribution is 2.28. The van der Waals surface area contributed by atoms with Gasteiger partial charge in [-0.05, 0) is 27.7 Å². The van der Waals surface area contributed by atoms with Gasteiger partial charge in [0.05, 0.1) is 13.2 Å². The third kappa shape index (κ3) is 4.92. The lowest BCUT2D eigenvalue weighted by molar-refractivity contribution is 0.0275. The van der Waals surface area contributed by atoms with E-state index in [4.69, 9.17) is 19.2 Å². The van der Waals surface area contributed by atoms with E-state index in [0.717, 1.165) is 18.1 Å². The first-order valence-corrected chi connectivity index (χ1v) is 10.3. The summed E-state index contributed by atoms with van der Waals surface area (Å²) >= 11 is 0. The first-order chi connectivity index (χ1) is 14.2. The van der Waals surface area contributed by atoms with Crippen LogP contribution in [0.25, 0.3) is 11.2 Å². The van der Waals surface area contributed by atoms with Crippen molar-refractivity contribution in [3.8, 4) is 5.88 Å². The molecular formula is C20H32N6O4. The lowest BCUT2D eigenvalue weighted by Crippen LogP contribution is -2.36. The minimum absolute atomic E-state index is 0.169. The molecule has 0 N–H and O–H groups in total. The van der Waals surface area contributed by atoms with E-state index in [1.807, 2.05) is 44.2 Å². The van der Waals surface area contributed by atoms with Gasteiger partial charge in [0.25, 0.3) is 0 Å². The largest absolute Gasteiger partial charge is 0.471 e. The number of carbonyl (C=O) groups is 1. The molecule has 30 heavy (non-hydrogen) atoms. The number of hydrogen-bond donors (Lipinski definition) is 0. The summed E-state index contributed by atoms with van der Waals surface area (Å²) in [7, 11) is 3.65. The third-order valence-electron chi connectivity index (χ3n) is 4.84. The summed E-state index contributed by atoms with van der Waals surface area (Å²) in [5.74, 6) is 1.22. The second kappa shape index (κ2) is 9.03. The van der Waals surface area contributed by atoms with E-state index < -0.39 is 5.60 Å². The SMILES string of the molecule is CCn1c(N(C)CCOC)nc2c(O[C@H]3CCN(C(=O)OC(C)(C)C)C3)ncnc21. The van der Waals surface area contributed by atoms with Crippen LogP contribution in [-0.4, -0.2) is 82.6 Å². The van der Waals surface area contributed by atoms with E-state index in [0.29, 0.717) is 44.1 Å². The number of hydrogen-bond acceptors (Lipinski definition) is 8. The van der Waals surface area contributed by atoms with Crippen molar-refractivity contribution in [3.63, 3.8) is 0 Å². The average Bonchev–Trinajstić information content (AvgIpc) is 3.29. The van der Waals surface area contributed by atoms with Crippen LogP contribution >= 0.6 is 0 Å². The quantitative estimate of drug-likeness (QED) is 0.674. The van der Waals surface area contributed by atoms with Gasteiger partial charge in [-0.25, -0.2) is 14.8 Å². The van der Waals surface area contributed by atoms with E-state index in [2.05, 4.69) is 9.97 Å². The minimum atomic E-state index is -0.521. The molecule has 1 aliphatic heterocycles. The van der Waals surface area contributed by atoms with Crippen LogP contribution in [-0.2, 0) is 16.0 Å². The Bertz CT molecular complexity index is 878. The Hall–Kier alpha value is -2.62. The van der Waals surface area contributed by atoms with Gasteiger partial charge >= 0.3 is 6.09 Å². The van der Waals surface area contributed by atoms with Crippen molar-refractivity contribution in [3.05, 3.63) is 6.33 Å². The van der Waals surface area contributed by atoms with Crippen LogP contribution in [0.15, 0.2) is 6.33 Å². The zero-order valence-electron chi connectivity index (χ0n) is 18.7. The molecule has 0 spiro atoms. The van der Waals surface area contributed by atoms with Gasteiger partial charge in [0.2, 0.25) is 11.8 Å². The highest BCUT2D eigenvalue weighted by atomic mass is 16.6. The summed E-state index contributed by atoms with van der Waals surface area (Å²) in [4.78, 5) is 29.5. The Kier molecular flexibility index (Phi) is 6.64. The van der Waals surface area contributed by atoms with Crippen molar-refractivity contribution < 1.29 is 19.0 Å². The molecule has 1 amide bonds. The number of nitrogens with zero attached hydrogens (tertiary/aromatic N) is 6. The Morgan fingerprint density at radius 1 is 1.33 bits per heavy atom. The Balaban J connectivity index is 1.77. The highest BCUT2D eigenvalue weighted by molar-refractivity contribution is 5.79. The molecule has 2 aromatic heterocycles. The summed E-state index contributed by atoms with van der Waals surface area (Å²) in [5.41, 5.74) is 0.825. The molecule has 1 aliphatic rings. The second-order valence-corrected chi connectivity index (χ2v) is 8.38. The van der Waals surface area contributed by atoms with Crippen LogP contribution in [0.2, 0.25) is 0 Å². The number of carbonyl (C=O) groups excluding carboxylic acids is 1. The van der Waals surface area contributed by atoms with Gasteiger partial charge in [-0.2, -0.15) is 4.98 Å². The average molecular weight is 421 g/mol. The van der Waals surface area contributed by atoms with Gasteiger partial charge in [-0.15, -0.1) is 0 Å². The molecular weight excluding hydrogens is 388 g/mol. The zero-order valence-corrected chi connectivity index (χ0v) is 18.7. The van der Waals surface area contributed by atoms with E-state index in [9.17, 15) is 4.79 Å². The highest BCUT2D eigenvalue weighted by Gasteiger charge is 2.32. The maximum absolute atomic E-state index is 12.3. The number of anilines is 1. The third-order valence-corrected chi connectivity index (χ3v) is 4.84. The topological polar surface area (TPSA) is 94.8 Å². The molecule has 0 unspecified atom stereocenters. The van der Waals surface area contributed by atoms with Crippen molar-refractivity contribution in [2.45, 2.75) is 52.4 Å². The van der Waals surface area contributed by atoms with Crippen molar-refractivity contribution >= 4 is 23.2 Å². The lowest BCUT2D eigenvalue weighted by atomic mass is 10.2. The summed E-state index contributed by atoms with van der Waals surface area (Å²) in [6.07, 6.45) is 1.71.